The van der Waals surface area contributed by atoms with Crippen LogP contribution in [0.3, 0.4) is 0 Å². The summed E-state index contributed by atoms with van der Waals surface area (Å²) in [4.78, 5) is 28.2. The number of nitrogen functional groups attached to an aromatic ring is 1. The number of anilines is 4. The second-order valence-electron chi connectivity index (χ2n) is 4.01. The summed E-state index contributed by atoms with van der Waals surface area (Å²) < 4.78 is 13.6. The lowest BCUT2D eigenvalue weighted by Crippen LogP contribution is -2.17. The van der Waals surface area contributed by atoms with E-state index in [4.69, 9.17) is 5.73 Å². The Labute approximate surface area is 118 Å². The van der Waals surface area contributed by atoms with Crippen LogP contribution < -0.4 is 21.9 Å². The number of aromatic nitrogens is 2. The molecule has 0 bridgehead atoms. The monoisotopic (exact) mass is 289 g/mol. The van der Waals surface area contributed by atoms with Crippen LogP contribution in [0.15, 0.2) is 41.7 Å². The molecule has 2 aromatic rings. The van der Waals surface area contributed by atoms with Crippen LogP contribution in [0.2, 0.25) is 0 Å². The third-order valence-corrected chi connectivity index (χ3v) is 2.46. The number of rotatable bonds is 4. The lowest BCUT2D eigenvalue weighted by molar-refractivity contribution is -0.111. The van der Waals surface area contributed by atoms with Crippen molar-refractivity contribution in [3.8, 4) is 0 Å². The lowest BCUT2D eigenvalue weighted by Gasteiger charge is -2.09. The van der Waals surface area contributed by atoms with Gasteiger partial charge in [0.15, 0.2) is 5.82 Å². The quantitative estimate of drug-likeness (QED) is 0.635. The van der Waals surface area contributed by atoms with E-state index in [0.29, 0.717) is 11.4 Å². The highest BCUT2D eigenvalue weighted by Gasteiger charge is 2.10. The van der Waals surface area contributed by atoms with Crippen molar-refractivity contribution in [1.29, 1.82) is 0 Å². The van der Waals surface area contributed by atoms with Crippen molar-refractivity contribution >= 4 is 29.0 Å². The number of carbonyl (C=O) groups is 1. The van der Waals surface area contributed by atoms with Gasteiger partial charge in [0, 0.05) is 11.4 Å². The number of aromatic amines is 1. The highest BCUT2D eigenvalue weighted by molar-refractivity contribution is 5.99. The van der Waals surface area contributed by atoms with Crippen LogP contribution in [0.1, 0.15) is 0 Å². The first-order valence-corrected chi connectivity index (χ1v) is 5.85. The summed E-state index contributed by atoms with van der Waals surface area (Å²) in [6.45, 7) is 3.34. The van der Waals surface area contributed by atoms with Gasteiger partial charge in [0.1, 0.15) is 0 Å². The molecule has 0 saturated heterocycles. The molecule has 0 unspecified atom stereocenters. The Morgan fingerprint density at radius 1 is 1.43 bits per heavy atom. The van der Waals surface area contributed by atoms with E-state index < -0.39 is 11.4 Å². The van der Waals surface area contributed by atoms with Crippen molar-refractivity contribution in [2.45, 2.75) is 0 Å². The molecule has 1 aromatic carbocycles. The van der Waals surface area contributed by atoms with E-state index in [2.05, 4.69) is 22.2 Å². The minimum absolute atomic E-state index is 0.208. The Hall–Kier alpha value is -3.16. The number of hydrogen-bond donors (Lipinski definition) is 4. The topological polar surface area (TPSA) is 113 Å². The van der Waals surface area contributed by atoms with Crippen molar-refractivity contribution in [2.24, 2.45) is 0 Å². The fourth-order valence-electron chi connectivity index (χ4n) is 1.56. The molecule has 1 aromatic heterocycles. The van der Waals surface area contributed by atoms with Crippen molar-refractivity contribution < 1.29 is 9.18 Å². The molecule has 5 N–H and O–H groups in total. The molecule has 0 spiro atoms. The van der Waals surface area contributed by atoms with Gasteiger partial charge in [-0.15, -0.1) is 0 Å². The summed E-state index contributed by atoms with van der Waals surface area (Å²) in [6, 6.07) is 6.43. The van der Waals surface area contributed by atoms with Crippen molar-refractivity contribution in [1.82, 2.24) is 9.97 Å². The van der Waals surface area contributed by atoms with Gasteiger partial charge in [-0.25, -0.2) is 0 Å². The molecule has 1 amide bonds. The second-order valence-corrected chi connectivity index (χ2v) is 4.01. The van der Waals surface area contributed by atoms with E-state index in [1.807, 2.05) is 4.98 Å². The van der Waals surface area contributed by atoms with Gasteiger partial charge in [-0.2, -0.15) is 9.37 Å². The molecule has 108 valence electrons. The number of halogens is 1. The summed E-state index contributed by atoms with van der Waals surface area (Å²) in [5, 5.41) is 5.17. The summed E-state index contributed by atoms with van der Waals surface area (Å²) in [5.74, 6) is -1.97. The van der Waals surface area contributed by atoms with Crippen LogP contribution in [0.25, 0.3) is 0 Å². The van der Waals surface area contributed by atoms with Crippen LogP contribution in [-0.4, -0.2) is 15.9 Å². The van der Waals surface area contributed by atoms with Gasteiger partial charge in [0.2, 0.25) is 17.7 Å². The fourth-order valence-corrected chi connectivity index (χ4v) is 1.56. The van der Waals surface area contributed by atoms with Gasteiger partial charge in [-0.3, -0.25) is 14.6 Å². The first kappa shape index (κ1) is 14.3. The maximum absolute atomic E-state index is 13.6. The number of benzene rings is 1. The van der Waals surface area contributed by atoms with Gasteiger partial charge < -0.3 is 16.4 Å². The molecule has 0 aliphatic carbocycles. The highest BCUT2D eigenvalue weighted by atomic mass is 19.1. The molecular weight excluding hydrogens is 277 g/mol. The van der Waals surface area contributed by atoms with Crippen LogP contribution >= 0.6 is 0 Å². The van der Waals surface area contributed by atoms with E-state index in [-0.39, 0.29) is 17.7 Å². The van der Waals surface area contributed by atoms with Crippen molar-refractivity contribution in [3.05, 3.63) is 53.1 Å². The summed E-state index contributed by atoms with van der Waals surface area (Å²) in [7, 11) is 0. The molecular formula is C13H12FN5O2. The van der Waals surface area contributed by atoms with Gasteiger partial charge in [-0.1, -0.05) is 12.6 Å². The molecule has 0 atom stereocenters. The van der Waals surface area contributed by atoms with Crippen molar-refractivity contribution in [3.63, 3.8) is 0 Å². The summed E-state index contributed by atoms with van der Waals surface area (Å²) in [5.41, 5.74) is 5.28. The van der Waals surface area contributed by atoms with Crippen molar-refractivity contribution in [2.75, 3.05) is 16.4 Å². The Balaban J connectivity index is 2.28. The number of hydrogen-bond acceptors (Lipinski definition) is 5. The van der Waals surface area contributed by atoms with Gasteiger partial charge in [0.05, 0.1) is 0 Å². The van der Waals surface area contributed by atoms with E-state index in [1.54, 1.807) is 24.3 Å². The lowest BCUT2D eigenvalue weighted by atomic mass is 10.2. The van der Waals surface area contributed by atoms with Gasteiger partial charge in [-0.05, 0) is 24.3 Å². The van der Waals surface area contributed by atoms with E-state index >= 15 is 0 Å². The van der Waals surface area contributed by atoms with E-state index in [9.17, 15) is 14.0 Å². The van der Waals surface area contributed by atoms with Crippen LogP contribution in [0, 0.1) is 5.82 Å². The molecule has 21 heavy (non-hydrogen) atoms. The zero-order valence-electron chi connectivity index (χ0n) is 10.8. The number of amides is 1. The number of H-pyrrole nitrogens is 1. The minimum Gasteiger partial charge on any atom is -0.369 e. The molecule has 8 heteroatoms. The average Bonchev–Trinajstić information content (AvgIpc) is 2.44. The van der Waals surface area contributed by atoms with Crippen LogP contribution in [0.4, 0.5) is 27.5 Å². The zero-order valence-corrected chi connectivity index (χ0v) is 10.8. The number of nitrogens with two attached hydrogens (primary N) is 1. The largest absolute Gasteiger partial charge is 0.369 e. The molecule has 2 rings (SSSR count). The molecule has 1 heterocycles. The number of nitrogens with one attached hydrogen (secondary N) is 3. The smallest absolute Gasteiger partial charge is 0.290 e. The van der Waals surface area contributed by atoms with E-state index in [1.165, 1.54) is 0 Å². The SMILES string of the molecule is C=CC(=O)Nc1cccc(Nc2nc(N)[nH]c(=O)c2F)c1. The second kappa shape index (κ2) is 5.87. The third-order valence-electron chi connectivity index (χ3n) is 2.46. The molecule has 0 saturated carbocycles. The Bertz CT molecular complexity index is 756. The average molecular weight is 289 g/mol. The van der Waals surface area contributed by atoms with Gasteiger partial charge in [0.25, 0.3) is 5.56 Å². The molecule has 0 aliphatic heterocycles. The molecule has 0 fully saturated rings. The Morgan fingerprint density at radius 3 is 2.86 bits per heavy atom. The maximum Gasteiger partial charge on any atom is 0.290 e. The Kier molecular flexibility index (Phi) is 3.98. The predicted molar refractivity (Wildman–Crippen MR) is 77.8 cm³/mol. The Morgan fingerprint density at radius 2 is 2.14 bits per heavy atom. The molecule has 0 radical (unpaired) electrons. The van der Waals surface area contributed by atoms with E-state index in [0.717, 1.165) is 6.08 Å². The summed E-state index contributed by atoms with van der Waals surface area (Å²) in [6.07, 6.45) is 1.12. The minimum atomic E-state index is -1.08. The third kappa shape index (κ3) is 3.44. The summed E-state index contributed by atoms with van der Waals surface area (Å²) >= 11 is 0. The normalized spacial score (nSPS) is 9.95. The first-order chi connectivity index (χ1) is 9.99. The standard InChI is InChI=1S/C13H12FN5O2/c1-2-9(20)16-7-4-3-5-8(6-7)17-11-10(14)12(21)19-13(15)18-11/h2-6H,1H2,(H,16,20)(H4,15,17,18,19,21). The predicted octanol–water partition coefficient (Wildman–Crippen LogP) is 1.36. The zero-order chi connectivity index (χ0) is 15.4. The number of carbonyl (C=O) groups excluding carboxylic acids is 1. The first-order valence-electron chi connectivity index (χ1n) is 5.85. The highest BCUT2D eigenvalue weighted by Crippen LogP contribution is 2.20. The number of nitrogens with zero attached hydrogens (tertiary/aromatic N) is 1. The molecule has 0 aliphatic rings. The van der Waals surface area contributed by atoms with Crippen LogP contribution in [0.5, 0.6) is 0 Å². The van der Waals surface area contributed by atoms with Crippen LogP contribution in [-0.2, 0) is 4.79 Å². The molecule has 7 nitrogen and oxygen atoms in total. The maximum atomic E-state index is 13.6. The fraction of sp³-hybridized carbons (Fsp3) is 0. The van der Waals surface area contributed by atoms with Gasteiger partial charge >= 0.3 is 0 Å².